The molecule has 6 nitrogen and oxygen atoms in total. The highest BCUT2D eigenvalue weighted by atomic mass is 19.4. The van der Waals surface area contributed by atoms with Crippen LogP contribution in [0.1, 0.15) is 34.8 Å². The van der Waals surface area contributed by atoms with Crippen molar-refractivity contribution in [3.63, 3.8) is 0 Å². The number of nitrogens with zero attached hydrogens (tertiary/aromatic N) is 1. The van der Waals surface area contributed by atoms with Crippen molar-refractivity contribution < 1.29 is 27.8 Å². The Bertz CT molecular complexity index is 1100. The number of carbonyl (C=O) groups is 1. The molecule has 0 fully saturated rings. The number of carbonyl (C=O) groups excluding carboxylic acids is 1. The maximum absolute atomic E-state index is 12.9. The molecule has 1 heterocycles. The lowest BCUT2D eigenvalue weighted by Gasteiger charge is -2.15. The summed E-state index contributed by atoms with van der Waals surface area (Å²) in [5.41, 5.74) is 0.586. The molecule has 0 aliphatic carbocycles. The van der Waals surface area contributed by atoms with Gasteiger partial charge in [-0.2, -0.15) is 13.2 Å². The van der Waals surface area contributed by atoms with E-state index in [1.54, 1.807) is 30.3 Å². The van der Waals surface area contributed by atoms with Gasteiger partial charge in [0.15, 0.2) is 0 Å². The van der Waals surface area contributed by atoms with E-state index in [0.717, 1.165) is 12.1 Å². The van der Waals surface area contributed by atoms with Crippen LogP contribution in [0.15, 0.2) is 48.5 Å². The first-order valence-corrected chi connectivity index (χ1v) is 10.1. The number of hydrogen-bond acceptors (Lipinski definition) is 5. The molecule has 0 saturated carbocycles. The number of aliphatic hydroxyl groups is 1. The summed E-state index contributed by atoms with van der Waals surface area (Å²) in [5, 5.41) is 15.7. The van der Waals surface area contributed by atoms with Crippen LogP contribution in [0.5, 0.6) is 5.75 Å². The Morgan fingerprint density at radius 2 is 1.97 bits per heavy atom. The number of anilines is 1. The average molecular weight is 447 g/mol. The van der Waals surface area contributed by atoms with Crippen molar-refractivity contribution in [2.75, 3.05) is 19.0 Å². The van der Waals surface area contributed by atoms with Gasteiger partial charge >= 0.3 is 6.18 Å². The van der Waals surface area contributed by atoms with Crippen LogP contribution < -0.4 is 15.4 Å². The summed E-state index contributed by atoms with van der Waals surface area (Å²) in [6.07, 6.45) is -3.82. The van der Waals surface area contributed by atoms with Gasteiger partial charge in [-0.3, -0.25) is 4.79 Å². The molecule has 0 saturated heterocycles. The zero-order valence-corrected chi connectivity index (χ0v) is 17.7. The zero-order valence-electron chi connectivity index (χ0n) is 17.7. The van der Waals surface area contributed by atoms with Gasteiger partial charge in [-0.1, -0.05) is 19.1 Å². The SMILES string of the molecule is CCC(CO)NC(=O)c1ccc2c(OC)cc(NCc3cccc(C(F)(F)F)c3)nc2c1. The van der Waals surface area contributed by atoms with Crippen molar-refractivity contribution in [2.45, 2.75) is 32.1 Å². The Hall–Kier alpha value is -3.33. The molecular formula is C23H24F3N3O3. The minimum atomic E-state index is -4.41. The van der Waals surface area contributed by atoms with Crippen LogP contribution in [0, 0.1) is 0 Å². The third-order valence-corrected chi connectivity index (χ3v) is 5.03. The van der Waals surface area contributed by atoms with E-state index < -0.39 is 11.7 Å². The normalized spacial score (nSPS) is 12.4. The molecule has 1 aromatic heterocycles. The van der Waals surface area contributed by atoms with E-state index in [9.17, 15) is 23.1 Å². The first kappa shape index (κ1) is 23.3. The number of hydrogen-bond donors (Lipinski definition) is 3. The number of aromatic nitrogens is 1. The van der Waals surface area contributed by atoms with Gasteiger partial charge in [-0.15, -0.1) is 0 Å². The number of alkyl halides is 3. The molecule has 170 valence electrons. The van der Waals surface area contributed by atoms with Crippen molar-refractivity contribution in [3.05, 3.63) is 65.2 Å². The Labute approximate surface area is 183 Å². The van der Waals surface area contributed by atoms with E-state index in [-0.39, 0.29) is 25.1 Å². The Morgan fingerprint density at radius 3 is 2.62 bits per heavy atom. The lowest BCUT2D eigenvalue weighted by atomic mass is 10.1. The summed E-state index contributed by atoms with van der Waals surface area (Å²) in [5.74, 6) is 0.567. The van der Waals surface area contributed by atoms with Gasteiger partial charge in [-0.25, -0.2) is 4.98 Å². The maximum Gasteiger partial charge on any atom is 0.416 e. The molecular weight excluding hydrogens is 423 g/mol. The number of pyridine rings is 1. The van der Waals surface area contributed by atoms with Crippen LogP contribution in [0.25, 0.3) is 10.9 Å². The number of halogens is 3. The summed E-state index contributed by atoms with van der Waals surface area (Å²) in [6.45, 7) is 1.82. The number of rotatable bonds is 8. The van der Waals surface area contributed by atoms with Crippen LogP contribution in [-0.2, 0) is 12.7 Å². The first-order chi connectivity index (χ1) is 15.2. The van der Waals surface area contributed by atoms with Crippen molar-refractivity contribution in [3.8, 4) is 5.75 Å². The van der Waals surface area contributed by atoms with Gasteiger partial charge in [0.2, 0.25) is 0 Å². The van der Waals surface area contributed by atoms with E-state index in [4.69, 9.17) is 4.74 Å². The lowest BCUT2D eigenvalue weighted by molar-refractivity contribution is -0.137. The number of methoxy groups -OCH3 is 1. The predicted octanol–water partition coefficient (Wildman–Crippen LogP) is 4.38. The van der Waals surface area contributed by atoms with E-state index in [0.29, 0.717) is 40.0 Å². The second-order valence-electron chi connectivity index (χ2n) is 7.25. The fourth-order valence-electron chi connectivity index (χ4n) is 3.19. The Morgan fingerprint density at radius 1 is 1.19 bits per heavy atom. The number of ether oxygens (including phenoxy) is 1. The van der Waals surface area contributed by atoms with Gasteiger partial charge in [-0.05, 0) is 42.3 Å². The molecule has 9 heteroatoms. The highest BCUT2D eigenvalue weighted by Crippen LogP contribution is 2.31. The third kappa shape index (κ3) is 5.47. The minimum Gasteiger partial charge on any atom is -0.496 e. The molecule has 3 rings (SSSR count). The number of nitrogens with one attached hydrogen (secondary N) is 2. The molecule has 0 spiro atoms. The molecule has 0 aliphatic heterocycles. The van der Waals surface area contributed by atoms with E-state index >= 15 is 0 Å². The van der Waals surface area contributed by atoms with Gasteiger partial charge in [0.05, 0.1) is 30.8 Å². The van der Waals surface area contributed by atoms with Gasteiger partial charge in [0.25, 0.3) is 5.91 Å². The van der Waals surface area contributed by atoms with Crippen molar-refractivity contribution >= 4 is 22.6 Å². The average Bonchev–Trinajstić information content (AvgIpc) is 2.79. The molecule has 0 radical (unpaired) electrons. The van der Waals surface area contributed by atoms with E-state index in [1.807, 2.05) is 6.92 Å². The fourth-order valence-corrected chi connectivity index (χ4v) is 3.19. The third-order valence-electron chi connectivity index (χ3n) is 5.03. The number of amides is 1. The quantitative estimate of drug-likeness (QED) is 0.478. The lowest BCUT2D eigenvalue weighted by Crippen LogP contribution is -2.36. The van der Waals surface area contributed by atoms with Crippen LogP contribution in [-0.4, -0.2) is 35.8 Å². The summed E-state index contributed by atoms with van der Waals surface area (Å²) < 4.78 is 44.2. The maximum atomic E-state index is 12.9. The second kappa shape index (κ2) is 9.86. The molecule has 0 bridgehead atoms. The Balaban J connectivity index is 1.85. The van der Waals surface area contributed by atoms with Gasteiger partial charge < -0.3 is 20.5 Å². The van der Waals surface area contributed by atoms with E-state index in [2.05, 4.69) is 15.6 Å². The van der Waals surface area contributed by atoms with Crippen LogP contribution >= 0.6 is 0 Å². The molecule has 1 unspecified atom stereocenters. The van der Waals surface area contributed by atoms with E-state index in [1.165, 1.54) is 13.2 Å². The predicted molar refractivity (Wildman–Crippen MR) is 116 cm³/mol. The number of aliphatic hydroxyl groups excluding tert-OH is 1. The summed E-state index contributed by atoms with van der Waals surface area (Å²) in [7, 11) is 1.50. The van der Waals surface area contributed by atoms with Crippen molar-refractivity contribution in [2.24, 2.45) is 0 Å². The molecule has 2 aromatic carbocycles. The summed E-state index contributed by atoms with van der Waals surface area (Å²) >= 11 is 0. The van der Waals surface area contributed by atoms with Crippen LogP contribution in [0.3, 0.4) is 0 Å². The second-order valence-corrected chi connectivity index (χ2v) is 7.25. The largest absolute Gasteiger partial charge is 0.496 e. The van der Waals surface area contributed by atoms with Gasteiger partial charge in [0, 0.05) is 23.6 Å². The van der Waals surface area contributed by atoms with Crippen molar-refractivity contribution in [1.82, 2.24) is 10.3 Å². The Kier molecular flexibility index (Phi) is 7.19. The first-order valence-electron chi connectivity index (χ1n) is 10.1. The van der Waals surface area contributed by atoms with Gasteiger partial charge in [0.1, 0.15) is 11.6 Å². The number of fused-ring (bicyclic) bond motifs is 1. The topological polar surface area (TPSA) is 83.5 Å². The van der Waals surface area contributed by atoms with Crippen LogP contribution in [0.2, 0.25) is 0 Å². The molecule has 1 atom stereocenters. The minimum absolute atomic E-state index is 0.125. The fraction of sp³-hybridized carbons (Fsp3) is 0.304. The molecule has 1 amide bonds. The number of benzene rings is 2. The summed E-state index contributed by atoms with van der Waals surface area (Å²) in [4.78, 5) is 17.0. The molecule has 0 aliphatic rings. The zero-order chi connectivity index (χ0) is 23.3. The molecule has 3 N–H and O–H groups in total. The van der Waals surface area contributed by atoms with Crippen molar-refractivity contribution in [1.29, 1.82) is 0 Å². The summed E-state index contributed by atoms with van der Waals surface area (Å²) in [6, 6.07) is 11.3. The molecule has 32 heavy (non-hydrogen) atoms. The molecule has 3 aromatic rings. The highest BCUT2D eigenvalue weighted by molar-refractivity contribution is 5.99. The smallest absolute Gasteiger partial charge is 0.416 e. The standard InChI is InChI=1S/C23H24F3N3O3/c1-3-17(13-30)28-22(31)15-7-8-18-19(10-15)29-21(11-20(18)32-2)27-12-14-5-4-6-16(9-14)23(24,25)26/h4-11,17,30H,3,12-13H2,1-2H3,(H,27,29)(H,28,31). The highest BCUT2D eigenvalue weighted by Gasteiger charge is 2.30. The van der Waals surface area contributed by atoms with Crippen LogP contribution in [0.4, 0.5) is 19.0 Å². The monoisotopic (exact) mass is 447 g/mol.